The molecule has 7 heteroatoms. The van der Waals surface area contributed by atoms with Gasteiger partial charge < -0.3 is 15.2 Å². The maximum Gasteiger partial charge on any atom is 0.261 e. The van der Waals surface area contributed by atoms with Gasteiger partial charge in [0.2, 0.25) is 0 Å². The number of benzene rings is 1. The van der Waals surface area contributed by atoms with Crippen molar-refractivity contribution in [2.45, 2.75) is 19.8 Å². The summed E-state index contributed by atoms with van der Waals surface area (Å²) < 4.78 is 0. The van der Waals surface area contributed by atoms with Gasteiger partial charge in [0.1, 0.15) is 5.56 Å². The number of hydrogen-bond donors (Lipinski definition) is 2. The van der Waals surface area contributed by atoms with E-state index in [0.717, 1.165) is 36.1 Å². The van der Waals surface area contributed by atoms with Crippen molar-refractivity contribution in [3.05, 3.63) is 70.6 Å². The molecule has 0 bridgehead atoms. The zero-order valence-corrected chi connectivity index (χ0v) is 16.3. The molecule has 7 nitrogen and oxygen atoms in total. The van der Waals surface area contributed by atoms with Gasteiger partial charge in [-0.2, -0.15) is 0 Å². The van der Waals surface area contributed by atoms with Crippen molar-refractivity contribution in [3.63, 3.8) is 0 Å². The third kappa shape index (κ3) is 4.34. The number of rotatable bonds is 4. The van der Waals surface area contributed by atoms with Crippen molar-refractivity contribution in [3.8, 4) is 11.3 Å². The van der Waals surface area contributed by atoms with Gasteiger partial charge in [0.25, 0.3) is 11.5 Å². The summed E-state index contributed by atoms with van der Waals surface area (Å²) in [6.45, 7) is 4.33. The minimum absolute atomic E-state index is 0.0742. The van der Waals surface area contributed by atoms with Gasteiger partial charge in [-0.15, -0.1) is 10.2 Å². The van der Waals surface area contributed by atoms with Crippen LogP contribution in [0.3, 0.4) is 0 Å². The predicted molar refractivity (Wildman–Crippen MR) is 113 cm³/mol. The number of carbonyl (C=O) groups excluding carboxylic acids is 1. The van der Waals surface area contributed by atoms with Gasteiger partial charge in [-0.3, -0.25) is 9.59 Å². The molecular formula is C22H23N5O2. The summed E-state index contributed by atoms with van der Waals surface area (Å²) in [7, 11) is 0. The minimum atomic E-state index is -0.445. The van der Waals surface area contributed by atoms with Crippen molar-refractivity contribution in [1.82, 2.24) is 15.2 Å². The molecule has 1 aromatic carbocycles. The van der Waals surface area contributed by atoms with Gasteiger partial charge in [0.05, 0.1) is 5.69 Å². The second-order valence-electron chi connectivity index (χ2n) is 7.39. The molecule has 1 amide bonds. The molecule has 0 aliphatic carbocycles. The van der Waals surface area contributed by atoms with E-state index in [9.17, 15) is 9.59 Å². The Balaban J connectivity index is 1.43. The monoisotopic (exact) mass is 389 g/mol. The predicted octanol–water partition coefficient (Wildman–Crippen LogP) is 3.32. The van der Waals surface area contributed by atoms with Crippen molar-refractivity contribution < 1.29 is 4.79 Å². The number of pyridine rings is 1. The summed E-state index contributed by atoms with van der Waals surface area (Å²) in [6.07, 6.45) is 3.86. The zero-order valence-electron chi connectivity index (χ0n) is 16.3. The number of H-pyrrole nitrogens is 1. The topological polar surface area (TPSA) is 91.0 Å². The fourth-order valence-corrected chi connectivity index (χ4v) is 3.41. The maximum absolute atomic E-state index is 12.2. The first-order valence-corrected chi connectivity index (χ1v) is 9.78. The quantitative estimate of drug-likeness (QED) is 0.714. The van der Waals surface area contributed by atoms with E-state index in [0.29, 0.717) is 5.69 Å². The lowest BCUT2D eigenvalue weighted by Gasteiger charge is -2.30. The molecule has 4 rings (SSSR count). The van der Waals surface area contributed by atoms with E-state index in [1.54, 1.807) is 18.2 Å². The Morgan fingerprint density at radius 1 is 1.07 bits per heavy atom. The highest BCUT2D eigenvalue weighted by Gasteiger charge is 2.17. The minimum Gasteiger partial charge on any atom is -0.355 e. The zero-order chi connectivity index (χ0) is 20.2. The number of hydrogen-bond acceptors (Lipinski definition) is 5. The van der Waals surface area contributed by atoms with E-state index in [1.807, 2.05) is 24.3 Å². The molecule has 0 atom stereocenters. The van der Waals surface area contributed by atoms with Gasteiger partial charge in [-0.25, -0.2) is 0 Å². The van der Waals surface area contributed by atoms with Crippen molar-refractivity contribution in [2.75, 3.05) is 23.3 Å². The maximum atomic E-state index is 12.2. The van der Waals surface area contributed by atoms with Gasteiger partial charge in [0.15, 0.2) is 5.82 Å². The van der Waals surface area contributed by atoms with Crippen LogP contribution >= 0.6 is 0 Å². The van der Waals surface area contributed by atoms with Gasteiger partial charge in [-0.1, -0.05) is 19.1 Å². The van der Waals surface area contributed by atoms with Crippen LogP contribution in [0.25, 0.3) is 11.3 Å². The molecule has 1 fully saturated rings. The van der Waals surface area contributed by atoms with Gasteiger partial charge >= 0.3 is 0 Å². The van der Waals surface area contributed by atoms with Crippen molar-refractivity contribution >= 4 is 17.4 Å². The Labute approximate surface area is 168 Å². The number of amides is 1. The Morgan fingerprint density at radius 3 is 2.48 bits per heavy atom. The molecule has 3 aromatic rings. The Kier molecular flexibility index (Phi) is 5.37. The smallest absolute Gasteiger partial charge is 0.261 e. The number of nitrogens with zero attached hydrogens (tertiary/aromatic N) is 3. The summed E-state index contributed by atoms with van der Waals surface area (Å²) >= 11 is 0. The van der Waals surface area contributed by atoms with Crippen LogP contribution in [-0.2, 0) is 0 Å². The number of piperidine rings is 1. The van der Waals surface area contributed by atoms with Gasteiger partial charge in [0, 0.05) is 30.5 Å². The number of aromatic amines is 1. The van der Waals surface area contributed by atoms with Crippen molar-refractivity contribution in [1.29, 1.82) is 0 Å². The SMILES string of the molecule is CC1CCN(c2ccc(-c3ccc(NC(=O)c4ccc[nH]c4=O)cc3)nn2)CC1. The average Bonchev–Trinajstić information content (AvgIpc) is 2.75. The van der Waals surface area contributed by atoms with E-state index in [2.05, 4.69) is 32.3 Å². The number of anilines is 2. The number of carbonyl (C=O) groups is 1. The summed E-state index contributed by atoms with van der Waals surface area (Å²) in [5.41, 5.74) is 1.95. The molecule has 29 heavy (non-hydrogen) atoms. The summed E-state index contributed by atoms with van der Waals surface area (Å²) in [6, 6.07) is 14.4. The molecule has 0 radical (unpaired) electrons. The van der Waals surface area contributed by atoms with E-state index in [-0.39, 0.29) is 5.56 Å². The molecule has 148 valence electrons. The lowest BCUT2D eigenvalue weighted by atomic mass is 9.99. The van der Waals surface area contributed by atoms with E-state index in [4.69, 9.17) is 0 Å². The Bertz CT molecular complexity index is 1040. The molecule has 2 aromatic heterocycles. The summed E-state index contributed by atoms with van der Waals surface area (Å²) in [5, 5.41) is 11.5. The molecule has 2 N–H and O–H groups in total. The van der Waals surface area contributed by atoms with Gasteiger partial charge in [-0.05, 0) is 55.2 Å². The van der Waals surface area contributed by atoms with Crippen molar-refractivity contribution in [2.24, 2.45) is 5.92 Å². The van der Waals surface area contributed by atoms with Crippen LogP contribution in [0.5, 0.6) is 0 Å². The molecule has 0 saturated carbocycles. The van der Waals surface area contributed by atoms with Crippen LogP contribution < -0.4 is 15.8 Å². The average molecular weight is 389 g/mol. The summed E-state index contributed by atoms with van der Waals surface area (Å²) in [5.74, 6) is 1.25. The van der Waals surface area contributed by atoms with Crippen LogP contribution in [-0.4, -0.2) is 34.2 Å². The lowest BCUT2D eigenvalue weighted by Crippen LogP contribution is -2.33. The van der Waals surface area contributed by atoms with Crippen LogP contribution in [0.2, 0.25) is 0 Å². The standard InChI is InChI=1S/C22H23N5O2/c1-15-10-13-27(14-11-15)20-9-8-19(25-26-20)16-4-6-17(7-5-16)24-22(29)18-3-2-12-23-21(18)28/h2-9,12,15H,10-11,13-14H2,1H3,(H,23,28)(H,24,29). The summed E-state index contributed by atoms with van der Waals surface area (Å²) in [4.78, 5) is 28.7. The molecular weight excluding hydrogens is 366 g/mol. The highest BCUT2D eigenvalue weighted by Crippen LogP contribution is 2.24. The molecule has 1 aliphatic rings. The Hall–Kier alpha value is -3.48. The van der Waals surface area contributed by atoms with E-state index < -0.39 is 11.5 Å². The number of aromatic nitrogens is 3. The highest BCUT2D eigenvalue weighted by molar-refractivity contribution is 6.04. The van der Waals surface area contributed by atoms with Crippen LogP contribution in [0.1, 0.15) is 30.1 Å². The van der Waals surface area contributed by atoms with Crippen LogP contribution in [0, 0.1) is 5.92 Å². The first-order valence-electron chi connectivity index (χ1n) is 9.78. The lowest BCUT2D eigenvalue weighted by molar-refractivity contribution is 0.102. The normalized spacial score (nSPS) is 14.6. The molecule has 3 heterocycles. The van der Waals surface area contributed by atoms with Crippen LogP contribution in [0.15, 0.2) is 59.5 Å². The fourth-order valence-electron chi connectivity index (χ4n) is 3.41. The molecule has 1 saturated heterocycles. The largest absolute Gasteiger partial charge is 0.355 e. The first kappa shape index (κ1) is 18.9. The van der Waals surface area contributed by atoms with Crippen LogP contribution in [0.4, 0.5) is 11.5 Å². The van der Waals surface area contributed by atoms with E-state index >= 15 is 0 Å². The molecule has 0 unspecified atom stereocenters. The second kappa shape index (κ2) is 8.26. The fraction of sp³-hybridized carbons (Fsp3) is 0.273. The Morgan fingerprint density at radius 2 is 1.83 bits per heavy atom. The third-order valence-corrected chi connectivity index (χ3v) is 5.26. The molecule has 1 aliphatic heterocycles. The number of nitrogens with one attached hydrogen (secondary N) is 2. The molecule has 0 spiro atoms. The van der Waals surface area contributed by atoms with E-state index in [1.165, 1.54) is 25.1 Å². The third-order valence-electron chi connectivity index (χ3n) is 5.26. The first-order chi connectivity index (χ1) is 14.1. The second-order valence-corrected chi connectivity index (χ2v) is 7.39. The highest BCUT2D eigenvalue weighted by atomic mass is 16.2.